The number of aromatic nitrogens is 3. The largest absolute Gasteiger partial charge is 0.329 e. The Hall–Kier alpha value is -1.69. The minimum atomic E-state index is -0.493. The molecule has 0 radical (unpaired) electrons. The van der Waals surface area contributed by atoms with E-state index in [-0.39, 0.29) is 16.0 Å². The summed E-state index contributed by atoms with van der Waals surface area (Å²) in [5.41, 5.74) is 0.487. The van der Waals surface area contributed by atoms with Crippen LogP contribution >= 0.6 is 34.4 Å². The maximum Gasteiger partial charge on any atom is 0.329 e. The summed E-state index contributed by atoms with van der Waals surface area (Å²) in [6.07, 6.45) is 5.25. The van der Waals surface area contributed by atoms with Crippen LogP contribution in [0.4, 0.5) is 4.39 Å². The van der Waals surface area contributed by atoms with Gasteiger partial charge in [0, 0.05) is 5.41 Å². The molecule has 0 saturated carbocycles. The van der Waals surface area contributed by atoms with Gasteiger partial charge < -0.3 is 0 Å². The van der Waals surface area contributed by atoms with E-state index < -0.39 is 5.82 Å². The fourth-order valence-electron chi connectivity index (χ4n) is 1.98. The summed E-state index contributed by atoms with van der Waals surface area (Å²) in [4.78, 5) is 16.4. The zero-order valence-electron chi connectivity index (χ0n) is 13.3. The van der Waals surface area contributed by atoms with Crippen LogP contribution in [0.15, 0.2) is 21.3 Å². The van der Waals surface area contributed by atoms with Gasteiger partial charge in [-0.2, -0.15) is 9.78 Å². The molecule has 2 aromatic heterocycles. The van der Waals surface area contributed by atoms with Gasteiger partial charge in [-0.1, -0.05) is 49.8 Å². The van der Waals surface area contributed by atoms with E-state index in [0.717, 1.165) is 25.1 Å². The summed E-state index contributed by atoms with van der Waals surface area (Å²) in [6, 6.07) is 2.96. The van der Waals surface area contributed by atoms with E-state index in [9.17, 15) is 9.18 Å². The number of benzene rings is 1. The van der Waals surface area contributed by atoms with Crippen LogP contribution in [0.5, 0.6) is 0 Å². The van der Waals surface area contributed by atoms with Gasteiger partial charge in [0.05, 0.1) is 16.0 Å². The molecule has 0 spiro atoms. The highest BCUT2D eigenvalue weighted by molar-refractivity contribution is 8.01. The van der Waals surface area contributed by atoms with E-state index in [1.165, 1.54) is 29.2 Å². The Morgan fingerprint density at radius 1 is 1.38 bits per heavy atom. The highest BCUT2D eigenvalue weighted by Crippen LogP contribution is 2.32. The lowest BCUT2D eigenvalue weighted by atomic mass is 9.98. The van der Waals surface area contributed by atoms with E-state index in [1.807, 2.05) is 20.8 Å². The van der Waals surface area contributed by atoms with E-state index in [1.54, 1.807) is 6.07 Å². The van der Waals surface area contributed by atoms with Gasteiger partial charge in [0.1, 0.15) is 10.7 Å². The molecule has 0 saturated heterocycles. The molecule has 0 N–H and O–H groups in total. The van der Waals surface area contributed by atoms with Crippen LogP contribution in [0, 0.1) is 18.2 Å². The smallest absolute Gasteiger partial charge is 0.255 e. The number of fused-ring (bicyclic) bond motifs is 1. The average molecular weight is 380 g/mol. The lowest BCUT2D eigenvalue weighted by molar-refractivity contribution is 0.561. The maximum absolute atomic E-state index is 14.5. The quantitative estimate of drug-likeness (QED) is 0.508. The minimum Gasteiger partial charge on any atom is -0.255 e. The molecule has 124 valence electrons. The predicted octanol–water partition coefficient (Wildman–Crippen LogP) is 4.07. The number of hydrogen-bond donors (Lipinski definition) is 0. The van der Waals surface area contributed by atoms with Crippen LogP contribution < -0.4 is 4.87 Å². The minimum absolute atomic E-state index is 0.123. The summed E-state index contributed by atoms with van der Waals surface area (Å²) in [5, 5.41) is 4.96. The first-order valence-corrected chi connectivity index (χ1v) is 9.69. The molecule has 3 aromatic rings. The molecule has 2 heterocycles. The van der Waals surface area contributed by atoms with Crippen LogP contribution in [-0.2, 0) is 5.41 Å². The molecule has 0 amide bonds. The van der Waals surface area contributed by atoms with Gasteiger partial charge in [0.2, 0.25) is 0 Å². The Morgan fingerprint density at radius 2 is 2.12 bits per heavy atom. The molecular weight excluding hydrogens is 365 g/mol. The molecule has 0 aliphatic carbocycles. The number of rotatable bonds is 3. The Morgan fingerprint density at radius 3 is 2.75 bits per heavy atom. The Labute approximate surface area is 150 Å². The van der Waals surface area contributed by atoms with Crippen LogP contribution in [-0.4, -0.2) is 20.5 Å². The van der Waals surface area contributed by atoms with Gasteiger partial charge in [-0.15, -0.1) is 17.8 Å². The number of hydrogen-bond acceptors (Lipinski definition) is 6. The number of thioether (sulfide) groups is 1. The average Bonchev–Trinajstić information content (AvgIpc) is 3.06. The van der Waals surface area contributed by atoms with Crippen molar-refractivity contribution in [2.24, 2.45) is 0 Å². The third kappa shape index (κ3) is 3.24. The lowest BCUT2D eigenvalue weighted by Gasteiger charge is -2.12. The summed E-state index contributed by atoms with van der Waals surface area (Å²) in [7, 11) is 0. The van der Waals surface area contributed by atoms with Crippen molar-refractivity contribution in [1.82, 2.24) is 14.8 Å². The zero-order valence-corrected chi connectivity index (χ0v) is 15.7. The normalized spacial score (nSPS) is 11.8. The second-order valence-electron chi connectivity index (χ2n) is 6.08. The van der Waals surface area contributed by atoms with Crippen molar-refractivity contribution < 1.29 is 4.39 Å². The molecule has 0 fully saturated rings. The van der Waals surface area contributed by atoms with Gasteiger partial charge in [-0.25, -0.2) is 9.37 Å². The Bertz CT molecular complexity index is 1000. The molecule has 8 heteroatoms. The summed E-state index contributed by atoms with van der Waals surface area (Å²) in [5.74, 6) is 2.55. The second kappa shape index (κ2) is 6.31. The number of thiazole rings is 1. The van der Waals surface area contributed by atoms with Crippen molar-refractivity contribution in [2.45, 2.75) is 30.5 Å². The maximum atomic E-state index is 14.5. The van der Waals surface area contributed by atoms with Crippen molar-refractivity contribution in [2.75, 3.05) is 5.75 Å². The van der Waals surface area contributed by atoms with Crippen molar-refractivity contribution in [3.8, 4) is 18.0 Å². The molecule has 0 atom stereocenters. The molecule has 4 nitrogen and oxygen atoms in total. The van der Waals surface area contributed by atoms with Gasteiger partial charge in [0.15, 0.2) is 10.2 Å². The van der Waals surface area contributed by atoms with Gasteiger partial charge in [-0.05, 0) is 12.1 Å². The number of terminal acetylenes is 1. The lowest BCUT2D eigenvalue weighted by Crippen LogP contribution is -2.15. The fraction of sp³-hybridized carbons (Fsp3) is 0.312. The Kier molecular flexibility index (Phi) is 4.51. The Balaban J connectivity index is 2.10. The van der Waals surface area contributed by atoms with Crippen LogP contribution in [0.1, 0.15) is 25.8 Å². The summed E-state index contributed by atoms with van der Waals surface area (Å²) < 4.78 is 17.1. The number of nitrogens with zero attached hydrogens (tertiary/aromatic N) is 3. The first-order chi connectivity index (χ1) is 11.3. The topological polar surface area (TPSA) is 47.8 Å². The summed E-state index contributed by atoms with van der Waals surface area (Å²) in [6.45, 7) is 5.89. The van der Waals surface area contributed by atoms with E-state index in [0.29, 0.717) is 16.3 Å². The second-order valence-corrected chi connectivity index (χ2v) is 9.27. The first-order valence-electron chi connectivity index (χ1n) is 7.07. The molecule has 1 aromatic carbocycles. The van der Waals surface area contributed by atoms with E-state index in [4.69, 9.17) is 6.42 Å². The molecule has 0 unspecified atom stereocenters. The molecule has 0 aliphatic rings. The standard InChI is InChI=1S/C16H14FN3OS3/c1-5-6-22-14-18-10-8-11(9(17)7-12(10)23-14)20-15(21)24-13(19-20)16(2,3)4/h1,7-8H,6H2,2-4H3. The van der Waals surface area contributed by atoms with E-state index in [2.05, 4.69) is 16.0 Å². The van der Waals surface area contributed by atoms with Crippen LogP contribution in [0.25, 0.3) is 15.9 Å². The molecule has 3 rings (SSSR count). The summed E-state index contributed by atoms with van der Waals surface area (Å²) >= 11 is 3.84. The number of halogens is 1. The fourth-order valence-corrected chi connectivity index (χ4v) is 4.55. The van der Waals surface area contributed by atoms with Crippen molar-refractivity contribution in [3.63, 3.8) is 0 Å². The third-order valence-corrected chi connectivity index (χ3v) is 6.43. The van der Waals surface area contributed by atoms with Crippen LogP contribution in [0.2, 0.25) is 0 Å². The van der Waals surface area contributed by atoms with Crippen LogP contribution in [0.3, 0.4) is 0 Å². The van der Waals surface area contributed by atoms with Crippen molar-refractivity contribution in [1.29, 1.82) is 0 Å². The molecule has 0 aliphatic heterocycles. The molecular formula is C16H14FN3OS3. The van der Waals surface area contributed by atoms with Gasteiger partial charge in [-0.3, -0.25) is 4.79 Å². The van der Waals surface area contributed by atoms with Gasteiger partial charge in [0.25, 0.3) is 0 Å². The van der Waals surface area contributed by atoms with Gasteiger partial charge >= 0.3 is 4.87 Å². The zero-order chi connectivity index (χ0) is 17.5. The third-order valence-electron chi connectivity index (χ3n) is 3.13. The van der Waals surface area contributed by atoms with E-state index >= 15 is 0 Å². The molecule has 0 bridgehead atoms. The van der Waals surface area contributed by atoms with Crippen molar-refractivity contribution in [3.05, 3.63) is 32.6 Å². The highest BCUT2D eigenvalue weighted by atomic mass is 32.2. The monoisotopic (exact) mass is 379 g/mol. The highest BCUT2D eigenvalue weighted by Gasteiger charge is 2.22. The predicted molar refractivity (Wildman–Crippen MR) is 99.1 cm³/mol. The first kappa shape index (κ1) is 17.1. The SMILES string of the molecule is C#CCSc1nc2cc(-n3nc(C(C)(C)C)sc3=O)c(F)cc2s1. The molecule has 24 heavy (non-hydrogen) atoms. The van der Waals surface area contributed by atoms with Crippen molar-refractivity contribution >= 4 is 44.7 Å².